The van der Waals surface area contributed by atoms with Crippen LogP contribution < -0.4 is 4.74 Å². The summed E-state index contributed by atoms with van der Waals surface area (Å²) >= 11 is 0. The van der Waals surface area contributed by atoms with Crippen LogP contribution >= 0.6 is 0 Å². The summed E-state index contributed by atoms with van der Waals surface area (Å²) in [4.78, 5) is 28.7. The van der Waals surface area contributed by atoms with Crippen LogP contribution in [0.4, 0.5) is 0 Å². The lowest BCUT2D eigenvalue weighted by atomic mass is 9.99. The van der Waals surface area contributed by atoms with Crippen LogP contribution in [-0.4, -0.2) is 38.8 Å². The zero-order chi connectivity index (χ0) is 18.2. The molecular weight excluding hydrogens is 322 g/mol. The molecule has 132 valence electrons. The Labute approximate surface area is 146 Å². The highest BCUT2D eigenvalue weighted by atomic mass is 16.6. The fourth-order valence-corrected chi connectivity index (χ4v) is 2.47. The van der Waals surface area contributed by atoms with Crippen molar-refractivity contribution in [3.8, 4) is 5.75 Å². The van der Waals surface area contributed by atoms with Crippen molar-refractivity contribution in [2.75, 3.05) is 21.3 Å². The molecule has 0 heterocycles. The maximum absolute atomic E-state index is 12.7. The van der Waals surface area contributed by atoms with Crippen molar-refractivity contribution >= 4 is 28.2 Å². The van der Waals surface area contributed by atoms with Gasteiger partial charge in [0.05, 0.1) is 14.2 Å². The van der Waals surface area contributed by atoms with E-state index in [2.05, 4.69) is 9.89 Å². The van der Waals surface area contributed by atoms with Crippen LogP contribution in [-0.2, 0) is 14.4 Å². The smallest absolute Gasteiger partial charge is 0.305 e. The third-order valence-corrected chi connectivity index (χ3v) is 3.80. The number of rotatable bonds is 8. The van der Waals surface area contributed by atoms with Gasteiger partial charge in [0.2, 0.25) is 5.78 Å². The van der Waals surface area contributed by atoms with E-state index in [9.17, 15) is 9.59 Å². The Kier molecular flexibility index (Phi) is 6.51. The van der Waals surface area contributed by atoms with Crippen LogP contribution in [0.3, 0.4) is 0 Å². The summed E-state index contributed by atoms with van der Waals surface area (Å²) in [7, 11) is 4.34. The molecule has 0 unspecified atom stereocenters. The summed E-state index contributed by atoms with van der Waals surface area (Å²) < 4.78 is 9.80. The first kappa shape index (κ1) is 18.4. The van der Waals surface area contributed by atoms with E-state index >= 15 is 0 Å². The van der Waals surface area contributed by atoms with Crippen LogP contribution in [0, 0.1) is 0 Å². The zero-order valence-corrected chi connectivity index (χ0v) is 14.6. The van der Waals surface area contributed by atoms with Crippen molar-refractivity contribution in [1.82, 2.24) is 0 Å². The van der Waals surface area contributed by atoms with E-state index < -0.39 is 0 Å². The molecule has 25 heavy (non-hydrogen) atoms. The number of carbonyl (C=O) groups excluding carboxylic acids is 2. The van der Waals surface area contributed by atoms with Gasteiger partial charge in [0.15, 0.2) is 0 Å². The summed E-state index contributed by atoms with van der Waals surface area (Å²) in [6.45, 7) is 0. The Morgan fingerprint density at radius 3 is 2.36 bits per heavy atom. The molecule has 0 N–H and O–H groups in total. The first-order chi connectivity index (χ1) is 12.1. The van der Waals surface area contributed by atoms with E-state index in [4.69, 9.17) is 9.57 Å². The number of ketones is 1. The average Bonchev–Trinajstić information content (AvgIpc) is 2.65. The molecule has 0 bridgehead atoms. The molecule has 0 aliphatic heterocycles. The molecule has 0 fully saturated rings. The molecule has 0 radical (unpaired) electrons. The fourth-order valence-electron chi connectivity index (χ4n) is 2.47. The van der Waals surface area contributed by atoms with Gasteiger partial charge in [-0.3, -0.25) is 9.59 Å². The predicted molar refractivity (Wildman–Crippen MR) is 95.1 cm³/mol. The lowest BCUT2D eigenvalue weighted by molar-refractivity contribution is -0.140. The average molecular weight is 343 g/mol. The van der Waals surface area contributed by atoms with Gasteiger partial charge in [-0.2, -0.15) is 0 Å². The van der Waals surface area contributed by atoms with Crippen LogP contribution in [0.25, 0.3) is 10.8 Å². The van der Waals surface area contributed by atoms with E-state index in [0.29, 0.717) is 18.4 Å². The van der Waals surface area contributed by atoms with E-state index in [1.54, 1.807) is 13.2 Å². The quantitative estimate of drug-likeness (QED) is 0.318. The third-order valence-electron chi connectivity index (χ3n) is 3.80. The lowest BCUT2D eigenvalue weighted by Gasteiger charge is -2.07. The Morgan fingerprint density at radius 1 is 0.960 bits per heavy atom. The summed E-state index contributed by atoms with van der Waals surface area (Å²) in [5, 5.41) is 5.73. The van der Waals surface area contributed by atoms with Gasteiger partial charge in [0.1, 0.15) is 18.6 Å². The molecule has 0 amide bonds. The third kappa shape index (κ3) is 4.79. The van der Waals surface area contributed by atoms with Gasteiger partial charge in [0.25, 0.3) is 0 Å². The molecule has 2 aromatic carbocycles. The molecular formula is C19H21NO5. The SMILES string of the molecule is CON=C(CCCC(=O)OC)C(=O)c1ccc2cc(OC)ccc2c1. The Morgan fingerprint density at radius 2 is 1.68 bits per heavy atom. The van der Waals surface area contributed by atoms with Gasteiger partial charge in [-0.1, -0.05) is 23.4 Å². The van der Waals surface area contributed by atoms with E-state index in [-0.39, 0.29) is 23.9 Å². The molecule has 0 saturated heterocycles. The van der Waals surface area contributed by atoms with Gasteiger partial charge in [-0.25, -0.2) is 0 Å². The normalized spacial score (nSPS) is 11.2. The number of methoxy groups -OCH3 is 2. The molecule has 0 spiro atoms. The monoisotopic (exact) mass is 343 g/mol. The van der Waals surface area contributed by atoms with Gasteiger partial charge >= 0.3 is 5.97 Å². The molecule has 6 nitrogen and oxygen atoms in total. The Bertz CT molecular complexity index is 798. The van der Waals surface area contributed by atoms with Crippen molar-refractivity contribution < 1.29 is 23.9 Å². The van der Waals surface area contributed by atoms with Gasteiger partial charge in [-0.05, 0) is 41.8 Å². The number of nitrogens with zero attached hydrogens (tertiary/aromatic N) is 1. The van der Waals surface area contributed by atoms with Crippen LogP contribution in [0.15, 0.2) is 41.6 Å². The number of hydrogen-bond donors (Lipinski definition) is 0. The molecule has 2 rings (SSSR count). The zero-order valence-electron chi connectivity index (χ0n) is 14.6. The van der Waals surface area contributed by atoms with Crippen LogP contribution in [0.1, 0.15) is 29.6 Å². The molecule has 0 aromatic heterocycles. The molecule has 2 aromatic rings. The number of esters is 1. The largest absolute Gasteiger partial charge is 0.497 e. The van der Waals surface area contributed by atoms with E-state index in [1.165, 1.54) is 14.2 Å². The number of Topliss-reactive ketones (excluding diaryl/α,β-unsaturated/α-hetero) is 1. The van der Waals surface area contributed by atoms with Gasteiger partial charge < -0.3 is 14.3 Å². The van der Waals surface area contributed by atoms with Crippen molar-refractivity contribution in [3.05, 3.63) is 42.0 Å². The highest BCUT2D eigenvalue weighted by Crippen LogP contribution is 2.22. The summed E-state index contributed by atoms with van der Waals surface area (Å²) in [6, 6.07) is 11.1. The second-order valence-corrected chi connectivity index (χ2v) is 5.41. The van der Waals surface area contributed by atoms with Gasteiger partial charge in [0, 0.05) is 12.0 Å². The van der Waals surface area contributed by atoms with Crippen molar-refractivity contribution in [1.29, 1.82) is 0 Å². The number of hydrogen-bond acceptors (Lipinski definition) is 6. The number of carbonyl (C=O) groups is 2. The summed E-state index contributed by atoms with van der Waals surface area (Å²) in [5.74, 6) is 0.226. The first-order valence-corrected chi connectivity index (χ1v) is 7.88. The molecule has 0 atom stereocenters. The molecule has 0 saturated carbocycles. The highest BCUT2D eigenvalue weighted by molar-refractivity contribution is 6.46. The van der Waals surface area contributed by atoms with E-state index in [0.717, 1.165) is 16.5 Å². The van der Waals surface area contributed by atoms with Crippen molar-refractivity contribution in [2.24, 2.45) is 5.16 Å². The Balaban J connectivity index is 2.19. The number of oxime groups is 1. The molecule has 0 aliphatic carbocycles. The summed E-state index contributed by atoms with van der Waals surface area (Å²) in [6.07, 6.45) is 1.03. The fraction of sp³-hybridized carbons (Fsp3) is 0.316. The first-order valence-electron chi connectivity index (χ1n) is 7.88. The number of ether oxygens (including phenoxy) is 2. The lowest BCUT2D eigenvalue weighted by Crippen LogP contribution is -2.15. The topological polar surface area (TPSA) is 74.2 Å². The predicted octanol–water partition coefficient (Wildman–Crippen LogP) is 3.38. The van der Waals surface area contributed by atoms with E-state index in [1.807, 2.05) is 30.3 Å². The maximum atomic E-state index is 12.7. The van der Waals surface area contributed by atoms with Crippen molar-refractivity contribution in [3.63, 3.8) is 0 Å². The van der Waals surface area contributed by atoms with Crippen molar-refractivity contribution in [2.45, 2.75) is 19.3 Å². The van der Waals surface area contributed by atoms with Crippen LogP contribution in [0.5, 0.6) is 5.75 Å². The minimum absolute atomic E-state index is 0.218. The number of benzene rings is 2. The van der Waals surface area contributed by atoms with Gasteiger partial charge in [-0.15, -0.1) is 0 Å². The number of fused-ring (bicyclic) bond motifs is 1. The highest BCUT2D eigenvalue weighted by Gasteiger charge is 2.16. The minimum atomic E-state index is -0.316. The Hall–Kier alpha value is -2.89. The molecule has 6 heteroatoms. The maximum Gasteiger partial charge on any atom is 0.305 e. The standard InChI is InChI=1S/C19H21NO5/c1-23-16-10-9-13-11-15(8-7-14(13)12-16)19(22)17(20-25-3)5-4-6-18(21)24-2/h7-12H,4-6H2,1-3H3. The van der Waals surface area contributed by atoms with Crippen LogP contribution in [0.2, 0.25) is 0 Å². The molecule has 0 aliphatic rings. The minimum Gasteiger partial charge on any atom is -0.497 e. The summed E-state index contributed by atoms with van der Waals surface area (Å²) in [5.41, 5.74) is 0.797. The second kappa shape index (κ2) is 8.82. The second-order valence-electron chi connectivity index (χ2n) is 5.41.